The van der Waals surface area contributed by atoms with Crippen LogP contribution in [0.1, 0.15) is 22.3 Å². The van der Waals surface area contributed by atoms with E-state index in [1.54, 1.807) is 24.3 Å². The van der Waals surface area contributed by atoms with Crippen molar-refractivity contribution in [1.29, 1.82) is 0 Å². The number of aliphatic hydroxyl groups is 1. The number of hydrogen-bond donors (Lipinski definition) is 1. The number of hydrazone groups is 1. The summed E-state index contributed by atoms with van der Waals surface area (Å²) in [5, 5.41) is 13.3. The summed E-state index contributed by atoms with van der Waals surface area (Å²) < 4.78 is 63.1. The zero-order valence-electron chi connectivity index (χ0n) is 15.8. The van der Waals surface area contributed by atoms with Crippen LogP contribution in [0.15, 0.2) is 53.6 Å². The van der Waals surface area contributed by atoms with Crippen LogP contribution in [0.25, 0.3) is 0 Å². The topological polar surface area (TPSA) is 71.4 Å². The van der Waals surface area contributed by atoms with Gasteiger partial charge in [-0.15, -0.1) is 0 Å². The van der Waals surface area contributed by atoms with Gasteiger partial charge in [0.05, 0.1) is 7.11 Å². The standard InChI is InChI=1S/C20H18F4N2O4/c1-29-15-4-2-3-5-16(15)30-11-12-6-8-13(9-7-12)18(27)26-20(28,19(23)24)10-14(25-26)17(21)22/h2-9,17,19,28H,10-11H2,1H3. The van der Waals surface area contributed by atoms with E-state index in [0.717, 1.165) is 0 Å². The Morgan fingerprint density at radius 1 is 1.13 bits per heavy atom. The molecule has 1 aliphatic rings. The predicted molar refractivity (Wildman–Crippen MR) is 98.9 cm³/mol. The van der Waals surface area contributed by atoms with E-state index in [0.29, 0.717) is 17.1 Å². The molecule has 2 aromatic carbocycles. The summed E-state index contributed by atoms with van der Waals surface area (Å²) in [6.45, 7) is 0.132. The number of alkyl halides is 4. The predicted octanol–water partition coefficient (Wildman–Crippen LogP) is 3.69. The van der Waals surface area contributed by atoms with Crippen molar-refractivity contribution >= 4 is 11.6 Å². The third kappa shape index (κ3) is 4.23. The molecule has 10 heteroatoms. The van der Waals surface area contributed by atoms with E-state index in [1.165, 1.54) is 31.4 Å². The van der Waals surface area contributed by atoms with E-state index >= 15 is 0 Å². The molecule has 0 aliphatic carbocycles. The van der Waals surface area contributed by atoms with Crippen molar-refractivity contribution in [3.63, 3.8) is 0 Å². The van der Waals surface area contributed by atoms with Gasteiger partial charge >= 0.3 is 0 Å². The Labute approximate surface area is 169 Å². The number of carbonyl (C=O) groups excluding carboxylic acids is 1. The molecule has 1 heterocycles. The smallest absolute Gasteiger partial charge is 0.287 e. The summed E-state index contributed by atoms with van der Waals surface area (Å²) in [5.74, 6) is -0.0731. The van der Waals surface area contributed by atoms with Crippen molar-refractivity contribution < 1.29 is 36.9 Å². The van der Waals surface area contributed by atoms with Crippen molar-refractivity contribution in [3.05, 3.63) is 59.7 Å². The zero-order valence-corrected chi connectivity index (χ0v) is 15.8. The normalized spacial score (nSPS) is 18.7. The van der Waals surface area contributed by atoms with Crippen molar-refractivity contribution in [1.82, 2.24) is 5.01 Å². The van der Waals surface area contributed by atoms with E-state index in [4.69, 9.17) is 9.47 Å². The summed E-state index contributed by atoms with van der Waals surface area (Å²) in [7, 11) is 1.50. The number of hydrogen-bond acceptors (Lipinski definition) is 5. The maximum Gasteiger partial charge on any atom is 0.287 e. The third-order valence-corrected chi connectivity index (χ3v) is 4.49. The lowest BCUT2D eigenvalue weighted by Crippen LogP contribution is -2.51. The van der Waals surface area contributed by atoms with Crippen LogP contribution in [-0.4, -0.2) is 47.4 Å². The average Bonchev–Trinajstić information content (AvgIpc) is 3.11. The molecule has 1 amide bonds. The van der Waals surface area contributed by atoms with Crippen LogP contribution in [0.2, 0.25) is 0 Å². The Kier molecular flexibility index (Phi) is 6.25. The molecule has 1 N–H and O–H groups in total. The highest BCUT2D eigenvalue weighted by molar-refractivity contribution is 5.99. The Morgan fingerprint density at radius 2 is 1.77 bits per heavy atom. The molecule has 0 radical (unpaired) electrons. The van der Waals surface area contributed by atoms with Crippen molar-refractivity contribution in [2.75, 3.05) is 7.11 Å². The fourth-order valence-corrected chi connectivity index (χ4v) is 2.87. The highest BCUT2D eigenvalue weighted by Crippen LogP contribution is 2.34. The molecule has 2 aromatic rings. The maximum absolute atomic E-state index is 13.3. The number of amides is 1. The highest BCUT2D eigenvalue weighted by atomic mass is 19.3. The molecular weight excluding hydrogens is 408 g/mol. The minimum absolute atomic E-state index is 0.0273. The number of ether oxygens (including phenoxy) is 2. The van der Waals surface area contributed by atoms with Gasteiger partial charge in [0.1, 0.15) is 12.3 Å². The van der Waals surface area contributed by atoms with Crippen LogP contribution in [0.4, 0.5) is 17.6 Å². The van der Waals surface area contributed by atoms with Crippen LogP contribution in [0.3, 0.4) is 0 Å². The van der Waals surface area contributed by atoms with Gasteiger partial charge in [0.25, 0.3) is 18.8 Å². The lowest BCUT2D eigenvalue weighted by molar-refractivity contribution is -0.164. The van der Waals surface area contributed by atoms with Gasteiger partial charge in [-0.05, 0) is 29.8 Å². The molecule has 0 fully saturated rings. The van der Waals surface area contributed by atoms with Crippen LogP contribution in [0, 0.1) is 0 Å². The van der Waals surface area contributed by atoms with Gasteiger partial charge in [-0.1, -0.05) is 24.3 Å². The Balaban J connectivity index is 1.74. The number of rotatable bonds is 7. The minimum Gasteiger partial charge on any atom is -0.493 e. The number of para-hydroxylation sites is 2. The second kappa shape index (κ2) is 8.70. The largest absolute Gasteiger partial charge is 0.493 e. The Bertz CT molecular complexity index is 937. The SMILES string of the molecule is COc1ccccc1OCc1ccc(C(=O)N2N=C(C(F)F)CC2(O)C(F)F)cc1. The summed E-state index contributed by atoms with van der Waals surface area (Å²) in [5.41, 5.74) is -3.55. The molecule has 0 saturated carbocycles. The fourth-order valence-electron chi connectivity index (χ4n) is 2.87. The highest BCUT2D eigenvalue weighted by Gasteiger charge is 2.53. The molecule has 3 rings (SSSR count). The van der Waals surface area contributed by atoms with Gasteiger partial charge in [-0.3, -0.25) is 4.79 Å². The average molecular weight is 426 g/mol. The number of halogens is 4. The van der Waals surface area contributed by atoms with Crippen LogP contribution in [-0.2, 0) is 6.61 Å². The maximum atomic E-state index is 13.3. The van der Waals surface area contributed by atoms with E-state index < -0.39 is 36.6 Å². The number of benzene rings is 2. The van der Waals surface area contributed by atoms with Gasteiger partial charge in [0, 0.05) is 12.0 Å². The quantitative estimate of drug-likeness (QED) is 0.686. The first-order valence-electron chi connectivity index (χ1n) is 8.81. The molecule has 0 bridgehead atoms. The first-order chi connectivity index (χ1) is 14.3. The molecule has 0 aromatic heterocycles. The molecule has 1 aliphatic heterocycles. The zero-order chi connectivity index (χ0) is 21.9. The third-order valence-electron chi connectivity index (χ3n) is 4.49. The minimum atomic E-state index is -3.48. The lowest BCUT2D eigenvalue weighted by Gasteiger charge is -2.30. The summed E-state index contributed by atoms with van der Waals surface area (Å²) in [6.07, 6.45) is -7.77. The van der Waals surface area contributed by atoms with Gasteiger partial charge < -0.3 is 14.6 Å². The number of methoxy groups -OCH3 is 1. The lowest BCUT2D eigenvalue weighted by atomic mass is 10.1. The fraction of sp³-hybridized carbons (Fsp3) is 0.300. The summed E-state index contributed by atoms with van der Waals surface area (Å²) in [6, 6.07) is 12.6. The van der Waals surface area contributed by atoms with Crippen molar-refractivity contribution in [2.45, 2.75) is 31.6 Å². The first kappa shape index (κ1) is 21.6. The van der Waals surface area contributed by atoms with Crippen LogP contribution in [0.5, 0.6) is 11.5 Å². The van der Waals surface area contributed by atoms with Gasteiger partial charge in [0.2, 0.25) is 5.72 Å². The number of carbonyl (C=O) groups is 1. The van der Waals surface area contributed by atoms with Crippen LogP contribution >= 0.6 is 0 Å². The first-order valence-corrected chi connectivity index (χ1v) is 8.81. The summed E-state index contributed by atoms with van der Waals surface area (Å²) in [4.78, 5) is 12.5. The van der Waals surface area contributed by atoms with Gasteiger partial charge in [-0.25, -0.2) is 17.6 Å². The Morgan fingerprint density at radius 3 is 2.33 bits per heavy atom. The van der Waals surface area contributed by atoms with Crippen molar-refractivity contribution in [3.8, 4) is 11.5 Å². The monoisotopic (exact) mass is 426 g/mol. The van der Waals surface area contributed by atoms with Gasteiger partial charge in [-0.2, -0.15) is 10.1 Å². The Hall–Kier alpha value is -3.14. The van der Waals surface area contributed by atoms with E-state index in [2.05, 4.69) is 5.10 Å². The van der Waals surface area contributed by atoms with Crippen LogP contribution < -0.4 is 9.47 Å². The molecule has 6 nitrogen and oxygen atoms in total. The van der Waals surface area contributed by atoms with E-state index in [9.17, 15) is 27.5 Å². The molecule has 1 unspecified atom stereocenters. The second-order valence-electron chi connectivity index (χ2n) is 6.50. The molecular formula is C20H18F4N2O4. The number of nitrogens with zero attached hydrogens (tertiary/aromatic N) is 2. The van der Waals surface area contributed by atoms with Gasteiger partial charge in [0.15, 0.2) is 11.5 Å². The summed E-state index contributed by atoms with van der Waals surface area (Å²) >= 11 is 0. The molecule has 0 spiro atoms. The molecule has 0 saturated heterocycles. The molecule has 1 atom stereocenters. The van der Waals surface area contributed by atoms with E-state index in [1.807, 2.05) is 0 Å². The molecule has 30 heavy (non-hydrogen) atoms. The van der Waals surface area contributed by atoms with E-state index in [-0.39, 0.29) is 17.2 Å². The second-order valence-corrected chi connectivity index (χ2v) is 6.50. The van der Waals surface area contributed by atoms with Crippen molar-refractivity contribution in [2.24, 2.45) is 5.10 Å². The molecule has 160 valence electrons.